The minimum Gasteiger partial charge on any atom is -0.305 e. The van der Waals surface area contributed by atoms with E-state index >= 15 is 0 Å². The highest BCUT2D eigenvalue weighted by Gasteiger charge is 2.00. The van der Waals surface area contributed by atoms with E-state index in [1.165, 1.54) is 0 Å². The van der Waals surface area contributed by atoms with Crippen molar-refractivity contribution in [1.82, 2.24) is 4.90 Å². The van der Waals surface area contributed by atoms with Crippen molar-refractivity contribution in [1.29, 1.82) is 0 Å². The molecule has 0 aliphatic heterocycles. The number of hydrogen-bond acceptors (Lipinski definition) is 2. The summed E-state index contributed by atoms with van der Waals surface area (Å²) in [5.74, 6) is 0. The lowest BCUT2D eigenvalue weighted by molar-refractivity contribution is 0.112. The van der Waals surface area contributed by atoms with E-state index in [2.05, 4.69) is 0 Å². The van der Waals surface area contributed by atoms with Gasteiger partial charge >= 0.3 is 0 Å². The number of aldehydes is 1. The van der Waals surface area contributed by atoms with Crippen LogP contribution < -0.4 is 0 Å². The molecule has 92 valence electrons. The molecule has 0 saturated heterocycles. The summed E-state index contributed by atoms with van der Waals surface area (Å²) in [6.45, 7) is 8.81. The van der Waals surface area contributed by atoms with Gasteiger partial charge in [0.05, 0.1) is 0 Å². The first-order valence-corrected chi connectivity index (χ1v) is 5.92. The fourth-order valence-corrected chi connectivity index (χ4v) is 1.13. The second kappa shape index (κ2) is 11.9. The van der Waals surface area contributed by atoms with Crippen molar-refractivity contribution < 1.29 is 4.79 Å². The highest BCUT2D eigenvalue weighted by molar-refractivity contribution is 5.77. The van der Waals surface area contributed by atoms with Gasteiger partial charge < -0.3 is 4.90 Å². The van der Waals surface area contributed by atoms with Gasteiger partial charge in [-0.3, -0.25) is 4.79 Å². The Labute approximate surface area is 100 Å². The maximum Gasteiger partial charge on any atom is 0.150 e. The fourth-order valence-electron chi connectivity index (χ4n) is 1.13. The third kappa shape index (κ3) is 7.18. The zero-order valence-corrected chi connectivity index (χ0v) is 11.4. The van der Waals surface area contributed by atoms with Crippen molar-refractivity contribution in [3.63, 3.8) is 0 Å². The molecule has 0 radical (unpaired) electrons. The molecule has 0 spiro atoms. The van der Waals surface area contributed by atoms with Crippen molar-refractivity contribution in [2.24, 2.45) is 0 Å². The Bertz CT molecular complexity index is 269. The number of carbonyl (C=O) groups is 1. The summed E-state index contributed by atoms with van der Waals surface area (Å²) < 4.78 is 0. The first kappa shape index (κ1) is 17.3. The molecule has 1 aromatic carbocycles. The summed E-state index contributed by atoms with van der Waals surface area (Å²) in [4.78, 5) is 12.6. The Morgan fingerprint density at radius 1 is 1.06 bits per heavy atom. The van der Waals surface area contributed by atoms with Gasteiger partial charge in [-0.15, -0.1) is 0 Å². The molecule has 16 heavy (non-hydrogen) atoms. The molecule has 0 aromatic heterocycles. The summed E-state index contributed by atoms with van der Waals surface area (Å²) in [5, 5.41) is 0. The van der Waals surface area contributed by atoms with Crippen LogP contribution in [-0.4, -0.2) is 25.3 Å². The van der Waals surface area contributed by atoms with Crippen LogP contribution in [0.5, 0.6) is 0 Å². The minimum absolute atomic E-state index is 0.784. The lowest BCUT2D eigenvalue weighted by Crippen LogP contribution is -2.12. The second-order valence-electron chi connectivity index (χ2n) is 3.05. The van der Waals surface area contributed by atoms with Crippen LogP contribution in [0, 0.1) is 0 Å². The normalized spacial score (nSPS) is 8.44. The van der Waals surface area contributed by atoms with Gasteiger partial charge in [-0.25, -0.2) is 0 Å². The van der Waals surface area contributed by atoms with Gasteiger partial charge in [-0.2, -0.15) is 0 Å². The molecular formula is C14H25NO. The van der Waals surface area contributed by atoms with Gasteiger partial charge in [-0.1, -0.05) is 52.0 Å². The van der Waals surface area contributed by atoms with Crippen LogP contribution in [0.4, 0.5) is 0 Å². The van der Waals surface area contributed by atoms with E-state index < -0.39 is 0 Å². The summed E-state index contributed by atoms with van der Waals surface area (Å²) in [6.07, 6.45) is 0.902. The summed E-state index contributed by atoms with van der Waals surface area (Å²) in [6, 6.07) is 7.64. The van der Waals surface area contributed by atoms with Crippen molar-refractivity contribution in [3.8, 4) is 0 Å². The zero-order chi connectivity index (χ0) is 13.0. The molecule has 1 aromatic rings. The van der Waals surface area contributed by atoms with E-state index in [9.17, 15) is 4.79 Å². The maximum atomic E-state index is 10.6. The molecule has 0 aliphatic rings. The Hall–Kier alpha value is -1.15. The van der Waals surface area contributed by atoms with Gasteiger partial charge in [0.1, 0.15) is 6.29 Å². The molecule has 0 atom stereocenters. The molecule has 2 heteroatoms. The summed E-state index contributed by atoms with van der Waals surface area (Å²) >= 11 is 0. The lowest BCUT2D eigenvalue weighted by atomic mass is 10.1. The third-order valence-corrected chi connectivity index (χ3v) is 1.67. The molecular weight excluding hydrogens is 198 g/mol. The maximum absolute atomic E-state index is 10.6. The van der Waals surface area contributed by atoms with Crippen molar-refractivity contribution in [2.45, 2.75) is 34.2 Å². The van der Waals surface area contributed by atoms with E-state index in [4.69, 9.17) is 0 Å². The van der Waals surface area contributed by atoms with Gasteiger partial charge in [0.25, 0.3) is 0 Å². The van der Waals surface area contributed by atoms with Crippen molar-refractivity contribution in [3.05, 3.63) is 35.4 Å². The van der Waals surface area contributed by atoms with Crippen LogP contribution in [-0.2, 0) is 6.54 Å². The number of nitrogens with zero attached hydrogens (tertiary/aromatic N) is 1. The first-order valence-electron chi connectivity index (χ1n) is 5.92. The van der Waals surface area contributed by atoms with Gasteiger partial charge in [0.15, 0.2) is 0 Å². The molecule has 1 rings (SSSR count). The van der Waals surface area contributed by atoms with Crippen LogP contribution in [0.25, 0.3) is 0 Å². The monoisotopic (exact) mass is 223 g/mol. The van der Waals surface area contributed by atoms with E-state index in [0.29, 0.717) is 0 Å². The topological polar surface area (TPSA) is 20.3 Å². The zero-order valence-electron chi connectivity index (χ0n) is 11.4. The molecule has 0 fully saturated rings. The molecule has 0 amide bonds. The smallest absolute Gasteiger partial charge is 0.150 e. The third-order valence-electron chi connectivity index (χ3n) is 1.67. The molecule has 0 bridgehead atoms. The van der Waals surface area contributed by atoms with Crippen LogP contribution >= 0.6 is 0 Å². The summed E-state index contributed by atoms with van der Waals surface area (Å²) in [7, 11) is 3.98. The van der Waals surface area contributed by atoms with Gasteiger partial charge in [-0.05, 0) is 19.7 Å². The van der Waals surface area contributed by atoms with E-state index in [1.807, 2.05) is 71.0 Å². The highest BCUT2D eigenvalue weighted by Crippen LogP contribution is 2.07. The van der Waals surface area contributed by atoms with Crippen LogP contribution in [0.1, 0.15) is 43.6 Å². The molecule has 0 saturated carbocycles. The predicted molar refractivity (Wildman–Crippen MR) is 71.9 cm³/mol. The SMILES string of the molecule is CC.CC.CN(C)Cc1ccccc1C=O. The Kier molecular flexibility index (Phi) is 12.9. The van der Waals surface area contributed by atoms with E-state index in [-0.39, 0.29) is 0 Å². The first-order chi connectivity index (χ1) is 7.74. The average molecular weight is 223 g/mol. The predicted octanol–water partition coefficient (Wildman–Crippen LogP) is 3.61. The van der Waals surface area contributed by atoms with E-state index in [1.54, 1.807) is 0 Å². The van der Waals surface area contributed by atoms with Gasteiger partial charge in [0, 0.05) is 12.1 Å². The average Bonchev–Trinajstić information content (AvgIpc) is 2.34. The minimum atomic E-state index is 0.784. The Balaban J connectivity index is 0. The second-order valence-corrected chi connectivity index (χ2v) is 3.05. The quantitative estimate of drug-likeness (QED) is 0.730. The molecule has 0 heterocycles. The summed E-state index contributed by atoms with van der Waals surface area (Å²) in [5.41, 5.74) is 1.86. The largest absolute Gasteiger partial charge is 0.305 e. The molecule has 2 nitrogen and oxygen atoms in total. The van der Waals surface area contributed by atoms with Crippen molar-refractivity contribution >= 4 is 6.29 Å². The molecule has 0 aliphatic carbocycles. The van der Waals surface area contributed by atoms with Gasteiger partial charge in [0.2, 0.25) is 0 Å². The highest BCUT2D eigenvalue weighted by atomic mass is 16.1. The lowest BCUT2D eigenvalue weighted by Gasteiger charge is -2.10. The number of carbonyl (C=O) groups excluding carboxylic acids is 1. The van der Waals surface area contributed by atoms with Crippen LogP contribution in [0.2, 0.25) is 0 Å². The molecule has 0 N–H and O–H groups in total. The molecule has 0 unspecified atom stereocenters. The number of hydrogen-bond donors (Lipinski definition) is 0. The number of rotatable bonds is 3. The van der Waals surface area contributed by atoms with E-state index in [0.717, 1.165) is 24.0 Å². The Morgan fingerprint density at radius 2 is 1.56 bits per heavy atom. The standard InChI is InChI=1S/C10H13NO.2C2H6/c1-11(2)7-9-5-3-4-6-10(9)8-12;2*1-2/h3-6,8H,7H2,1-2H3;2*1-2H3. The van der Waals surface area contributed by atoms with Crippen LogP contribution in [0.15, 0.2) is 24.3 Å². The number of benzene rings is 1. The Morgan fingerprint density at radius 3 is 2.00 bits per heavy atom. The van der Waals surface area contributed by atoms with Crippen molar-refractivity contribution in [2.75, 3.05) is 14.1 Å². The van der Waals surface area contributed by atoms with Crippen LogP contribution in [0.3, 0.4) is 0 Å². The fraction of sp³-hybridized carbons (Fsp3) is 0.500.